The number of hydrogen-bond donors (Lipinski definition) is 0. The molecule has 0 aliphatic heterocycles. The van der Waals surface area contributed by atoms with E-state index in [2.05, 4.69) is 0 Å². The molecule has 2 atom stereocenters. The second-order valence-corrected chi connectivity index (χ2v) is 2.53. The summed E-state index contributed by atoms with van der Waals surface area (Å²) in [5.74, 6) is -1.13. The molecule has 0 aromatic rings. The molecule has 1 radical (unpaired) electrons. The van der Waals surface area contributed by atoms with Crippen LogP contribution in [0.2, 0.25) is 0 Å². The zero-order valence-electron chi connectivity index (χ0n) is 8.33. The van der Waals surface area contributed by atoms with Gasteiger partial charge in [-0.1, -0.05) is 20.3 Å². The van der Waals surface area contributed by atoms with Gasteiger partial charge < -0.3 is 16.3 Å². The normalized spacial score (nSPS) is 13.6. The van der Waals surface area contributed by atoms with Gasteiger partial charge in [0.25, 0.3) is 0 Å². The van der Waals surface area contributed by atoms with Crippen LogP contribution >= 0.6 is 0 Å². The van der Waals surface area contributed by atoms with Gasteiger partial charge in [0, 0.05) is 38.7 Å². The maximum Gasteiger partial charge on any atom is 1.00 e. The Morgan fingerprint density at radius 3 is 2.08 bits per heavy atom. The van der Waals surface area contributed by atoms with E-state index < -0.39 is 5.97 Å². The largest absolute Gasteiger partial charge is 1.00 e. The summed E-state index contributed by atoms with van der Waals surface area (Å²) in [4.78, 5) is 10.4. The minimum absolute atomic E-state index is 0. The summed E-state index contributed by atoms with van der Waals surface area (Å²) in [5.41, 5.74) is 0. The van der Waals surface area contributed by atoms with Crippen LogP contribution < -0.4 is 34.7 Å². The van der Waals surface area contributed by atoms with Crippen molar-refractivity contribution in [2.45, 2.75) is 27.2 Å². The van der Waals surface area contributed by atoms with Crippen LogP contribution in [0, 0.1) is 18.3 Å². The van der Waals surface area contributed by atoms with Crippen LogP contribution in [-0.2, 0) is 37.5 Å². The van der Waals surface area contributed by atoms with Crippen LogP contribution in [0.15, 0.2) is 0 Å². The van der Waals surface area contributed by atoms with Gasteiger partial charge >= 0.3 is 29.6 Å². The number of carboxylic acid groups (broad SMARTS) is 1. The molecule has 0 fully saturated rings. The van der Waals surface area contributed by atoms with Crippen molar-refractivity contribution in [3.05, 3.63) is 6.42 Å². The molecule has 4 heteroatoms. The van der Waals surface area contributed by atoms with E-state index in [-0.39, 0.29) is 74.1 Å². The number of carbonyl (C=O) groups is 1. The van der Waals surface area contributed by atoms with Crippen LogP contribution in [0.3, 0.4) is 0 Å². The first-order valence-corrected chi connectivity index (χ1v) is 3.63. The Balaban J connectivity index is -0.000000405. The molecule has 63 valence electrons. The molecule has 0 bridgehead atoms. The number of carboxylic acids is 1. The van der Waals surface area contributed by atoms with Crippen LogP contribution in [0.5, 0.6) is 0 Å². The smallest absolute Gasteiger partial charge is 0.550 e. The fourth-order valence-corrected chi connectivity index (χ4v) is 0.985. The molecular weight excluding hydrogens is 240 g/mol. The molecule has 0 amide bonds. The first-order chi connectivity index (χ1) is 4.63. The summed E-state index contributed by atoms with van der Waals surface area (Å²) in [6, 6.07) is 0. The number of aliphatic carboxylic acids is 1. The topological polar surface area (TPSA) is 40.1 Å². The Morgan fingerprint density at radius 2 is 2.00 bits per heavy atom. The van der Waals surface area contributed by atoms with E-state index in [1.165, 1.54) is 0 Å². The molecule has 0 aromatic heterocycles. The summed E-state index contributed by atoms with van der Waals surface area (Å²) in [5, 5.41) is 10.4. The molecule has 0 aliphatic carbocycles. The quantitative estimate of drug-likeness (QED) is 0.415. The van der Waals surface area contributed by atoms with Gasteiger partial charge in [-0.2, -0.15) is 12.8 Å². The van der Waals surface area contributed by atoms with Gasteiger partial charge in [0.1, 0.15) is 0 Å². The van der Waals surface area contributed by atoms with Crippen LogP contribution in [0.1, 0.15) is 27.2 Å². The van der Waals surface area contributed by atoms with Crippen molar-refractivity contribution in [2.75, 3.05) is 0 Å². The Morgan fingerprint density at radius 1 is 1.58 bits per heavy atom. The predicted octanol–water partition coefficient (Wildman–Crippen LogP) is -2.38. The van der Waals surface area contributed by atoms with Crippen molar-refractivity contribution < 1.29 is 72.2 Å². The molecule has 2 unspecified atom stereocenters. The van der Waals surface area contributed by atoms with Gasteiger partial charge in [-0.3, -0.25) is 0 Å². The number of rotatable bonds is 4. The molecule has 0 heterocycles. The van der Waals surface area contributed by atoms with E-state index >= 15 is 0 Å². The molecule has 0 rings (SSSR count). The molecule has 0 saturated carbocycles. The average Bonchev–Trinajstić information content (AvgIpc) is 1.88. The van der Waals surface area contributed by atoms with Crippen molar-refractivity contribution >= 4 is 5.97 Å². The molecule has 0 aromatic carbocycles. The van der Waals surface area contributed by atoms with Gasteiger partial charge in [-0.05, 0) is 5.92 Å². The SMILES string of the molecule is C[CH-]C(C)C(CC)C(=O)[O-].[Na+].[Y]. The Labute approximate surface area is 122 Å². The summed E-state index contributed by atoms with van der Waals surface area (Å²) in [7, 11) is 0. The van der Waals surface area contributed by atoms with Crippen molar-refractivity contribution in [3.8, 4) is 0 Å². The monoisotopic (exact) mass is 254 g/mol. The Kier molecular flexibility index (Phi) is 17.0. The third-order valence-corrected chi connectivity index (χ3v) is 1.90. The number of carbonyl (C=O) groups excluding carboxylic acids is 1. The predicted molar refractivity (Wildman–Crippen MR) is 37.9 cm³/mol. The summed E-state index contributed by atoms with van der Waals surface area (Å²) in [6.45, 7) is 5.63. The van der Waals surface area contributed by atoms with Crippen molar-refractivity contribution in [2.24, 2.45) is 11.8 Å². The van der Waals surface area contributed by atoms with Gasteiger partial charge in [0.15, 0.2) is 0 Å². The van der Waals surface area contributed by atoms with E-state index in [1.54, 1.807) is 0 Å². The maximum atomic E-state index is 10.4. The fraction of sp³-hybridized carbons (Fsp3) is 0.750. The standard InChI is InChI=1S/C8H15O2.Na.Y/c1-4-6(3)7(5-2)8(9)10;;/h4,6-7H,5H2,1-3H3,(H,9,10);;/q-1;+1;/p-1. The third kappa shape index (κ3) is 7.02. The minimum Gasteiger partial charge on any atom is -0.550 e. The van der Waals surface area contributed by atoms with Gasteiger partial charge in [0.05, 0.1) is 0 Å². The van der Waals surface area contributed by atoms with Crippen LogP contribution in [0.25, 0.3) is 0 Å². The van der Waals surface area contributed by atoms with Crippen molar-refractivity contribution in [3.63, 3.8) is 0 Å². The molecule has 2 nitrogen and oxygen atoms in total. The number of hydrogen-bond acceptors (Lipinski definition) is 2. The second kappa shape index (κ2) is 10.7. The van der Waals surface area contributed by atoms with Gasteiger partial charge in [-0.15, -0.1) is 0 Å². The van der Waals surface area contributed by atoms with Gasteiger partial charge in [-0.25, -0.2) is 0 Å². The molecular formula is C8H14NaO2Y-. The van der Waals surface area contributed by atoms with Gasteiger partial charge in [0.2, 0.25) is 0 Å². The first-order valence-electron chi connectivity index (χ1n) is 3.63. The molecule has 0 spiro atoms. The van der Waals surface area contributed by atoms with Crippen LogP contribution in [0.4, 0.5) is 0 Å². The van der Waals surface area contributed by atoms with Crippen molar-refractivity contribution in [1.82, 2.24) is 0 Å². The third-order valence-electron chi connectivity index (χ3n) is 1.90. The van der Waals surface area contributed by atoms with E-state index in [4.69, 9.17) is 0 Å². The summed E-state index contributed by atoms with van der Waals surface area (Å²) < 4.78 is 0. The van der Waals surface area contributed by atoms with E-state index in [0.29, 0.717) is 6.42 Å². The van der Waals surface area contributed by atoms with Crippen molar-refractivity contribution in [1.29, 1.82) is 0 Å². The zero-order chi connectivity index (χ0) is 8.15. The summed E-state index contributed by atoms with van der Waals surface area (Å²) >= 11 is 0. The average molecular weight is 254 g/mol. The Bertz CT molecular complexity index is 120. The van der Waals surface area contributed by atoms with E-state index in [1.807, 2.05) is 27.2 Å². The second-order valence-electron chi connectivity index (χ2n) is 2.53. The Hall–Kier alpha value is 1.57. The molecule has 12 heavy (non-hydrogen) atoms. The van der Waals surface area contributed by atoms with E-state index in [0.717, 1.165) is 0 Å². The molecule has 0 aliphatic rings. The zero-order valence-corrected chi connectivity index (χ0v) is 13.2. The summed E-state index contributed by atoms with van der Waals surface area (Å²) in [6.07, 6.45) is 2.54. The first kappa shape index (κ1) is 19.2. The molecule has 0 saturated heterocycles. The minimum atomic E-state index is -0.937. The van der Waals surface area contributed by atoms with E-state index in [9.17, 15) is 9.90 Å². The molecule has 0 N–H and O–H groups in total. The maximum absolute atomic E-state index is 10.4. The van der Waals surface area contributed by atoms with Crippen LogP contribution in [-0.4, -0.2) is 5.97 Å². The fourth-order valence-electron chi connectivity index (χ4n) is 0.985.